The van der Waals surface area contributed by atoms with Crippen molar-refractivity contribution in [3.63, 3.8) is 0 Å². The molecule has 17 heavy (non-hydrogen) atoms. The van der Waals surface area contributed by atoms with Crippen LogP contribution in [0.25, 0.3) is 0 Å². The Kier molecular flexibility index (Phi) is 3.73. The van der Waals surface area contributed by atoms with Crippen LogP contribution in [-0.4, -0.2) is 27.6 Å². The number of carbonyl (C=O) groups is 1. The molecule has 0 aliphatic carbocycles. The minimum Gasteiger partial charge on any atom is -0.322 e. The second kappa shape index (κ2) is 5.46. The van der Waals surface area contributed by atoms with Crippen molar-refractivity contribution in [3.05, 3.63) is 35.1 Å². The van der Waals surface area contributed by atoms with E-state index >= 15 is 0 Å². The fourth-order valence-electron chi connectivity index (χ4n) is 1.20. The molecule has 0 unspecified atom stereocenters. The second-order valence-corrected chi connectivity index (χ2v) is 4.31. The summed E-state index contributed by atoms with van der Waals surface area (Å²) in [6, 6.07) is 5.69. The van der Waals surface area contributed by atoms with Crippen LogP contribution in [0.2, 0.25) is 0 Å². The highest BCUT2D eigenvalue weighted by Gasteiger charge is 2.07. The summed E-state index contributed by atoms with van der Waals surface area (Å²) in [5, 5.41) is 11.6. The van der Waals surface area contributed by atoms with Gasteiger partial charge in [-0.2, -0.15) is 0 Å². The lowest BCUT2D eigenvalue weighted by Crippen LogP contribution is -2.21. The van der Waals surface area contributed by atoms with Crippen LogP contribution in [0, 0.1) is 0 Å². The van der Waals surface area contributed by atoms with E-state index in [9.17, 15) is 4.79 Å². The van der Waals surface area contributed by atoms with Crippen LogP contribution in [0.4, 0.5) is 5.13 Å². The molecule has 2 aromatic heterocycles. The van der Waals surface area contributed by atoms with Gasteiger partial charge in [-0.15, -0.1) is 10.2 Å². The van der Waals surface area contributed by atoms with Gasteiger partial charge in [0, 0.05) is 18.3 Å². The zero-order valence-electron chi connectivity index (χ0n) is 8.96. The number of rotatable bonds is 4. The number of pyridine rings is 1. The lowest BCUT2D eigenvalue weighted by atomic mass is 10.3. The molecule has 0 aliphatic rings. The molecule has 2 aromatic rings. The van der Waals surface area contributed by atoms with Gasteiger partial charge in [0.2, 0.25) is 11.0 Å². The molecule has 88 valence electrons. The van der Waals surface area contributed by atoms with E-state index in [0.717, 1.165) is 10.7 Å². The summed E-state index contributed by atoms with van der Waals surface area (Å²) in [6.07, 6.45) is 2.34. The van der Waals surface area contributed by atoms with E-state index in [-0.39, 0.29) is 12.5 Å². The molecule has 0 aliphatic heterocycles. The third kappa shape index (κ3) is 3.30. The molecule has 0 aromatic carbocycles. The van der Waals surface area contributed by atoms with E-state index < -0.39 is 0 Å². The molecule has 0 bridgehead atoms. The van der Waals surface area contributed by atoms with Crippen LogP contribution in [0.1, 0.15) is 10.7 Å². The molecule has 0 fully saturated rings. The number of nitrogens with one attached hydrogen (secondary N) is 1. The molecule has 0 spiro atoms. The molecule has 2 rings (SSSR count). The summed E-state index contributed by atoms with van der Waals surface area (Å²) in [7, 11) is 0. The molecular formula is C10H11N5OS. The molecule has 3 N–H and O–H groups in total. The van der Waals surface area contributed by atoms with Crippen molar-refractivity contribution < 1.29 is 4.79 Å². The smallest absolute Gasteiger partial charge is 0.239 e. The highest BCUT2D eigenvalue weighted by molar-refractivity contribution is 7.15. The number of hydrogen-bond donors (Lipinski definition) is 2. The number of carbonyl (C=O) groups excluding carboxylic acids is 1. The standard InChI is InChI=1S/C10H11N5OS/c11-6-8(16)13-10-15-14-9(17-10)5-7-3-1-2-4-12-7/h1-4H,5-6,11H2,(H,13,15,16). The van der Waals surface area contributed by atoms with Crippen LogP contribution in [-0.2, 0) is 11.2 Å². The molecule has 1 amide bonds. The van der Waals surface area contributed by atoms with Gasteiger partial charge in [0.05, 0.1) is 6.54 Å². The van der Waals surface area contributed by atoms with E-state index in [4.69, 9.17) is 5.73 Å². The lowest BCUT2D eigenvalue weighted by Gasteiger charge is -1.95. The quantitative estimate of drug-likeness (QED) is 0.819. The maximum Gasteiger partial charge on any atom is 0.239 e. The number of amides is 1. The predicted octanol–water partition coefficient (Wildman–Crippen LogP) is 0.421. The summed E-state index contributed by atoms with van der Waals surface area (Å²) in [5.41, 5.74) is 6.10. The molecule has 0 saturated heterocycles. The monoisotopic (exact) mass is 249 g/mol. The number of nitrogens with zero attached hydrogens (tertiary/aromatic N) is 3. The first-order valence-electron chi connectivity index (χ1n) is 5.00. The van der Waals surface area contributed by atoms with Crippen molar-refractivity contribution in [1.82, 2.24) is 15.2 Å². The van der Waals surface area contributed by atoms with Crippen LogP contribution in [0.5, 0.6) is 0 Å². The Morgan fingerprint density at radius 3 is 3.00 bits per heavy atom. The first-order valence-corrected chi connectivity index (χ1v) is 5.82. The fourth-order valence-corrected chi connectivity index (χ4v) is 1.97. The second-order valence-electron chi connectivity index (χ2n) is 3.25. The average Bonchev–Trinajstić information content (AvgIpc) is 2.77. The lowest BCUT2D eigenvalue weighted by molar-refractivity contribution is -0.114. The highest BCUT2D eigenvalue weighted by Crippen LogP contribution is 2.17. The average molecular weight is 249 g/mol. The molecular weight excluding hydrogens is 238 g/mol. The third-order valence-electron chi connectivity index (χ3n) is 1.96. The van der Waals surface area contributed by atoms with Crippen molar-refractivity contribution in [3.8, 4) is 0 Å². The number of aromatic nitrogens is 3. The van der Waals surface area contributed by atoms with Gasteiger partial charge in [-0.3, -0.25) is 15.1 Å². The first kappa shape index (κ1) is 11.6. The summed E-state index contributed by atoms with van der Waals surface area (Å²) in [4.78, 5) is 15.2. The Morgan fingerprint density at radius 2 is 2.29 bits per heavy atom. The van der Waals surface area contributed by atoms with Crippen LogP contribution in [0.3, 0.4) is 0 Å². The zero-order chi connectivity index (χ0) is 12.1. The van der Waals surface area contributed by atoms with E-state index in [2.05, 4.69) is 20.5 Å². The molecule has 0 radical (unpaired) electrons. The Hall–Kier alpha value is -1.86. The Bertz CT molecular complexity index is 498. The van der Waals surface area contributed by atoms with Gasteiger partial charge in [-0.25, -0.2) is 0 Å². The van der Waals surface area contributed by atoms with Crippen molar-refractivity contribution in [1.29, 1.82) is 0 Å². The normalized spacial score (nSPS) is 10.2. The van der Waals surface area contributed by atoms with Crippen molar-refractivity contribution in [2.24, 2.45) is 5.73 Å². The fraction of sp³-hybridized carbons (Fsp3) is 0.200. The van der Waals surface area contributed by atoms with E-state index in [1.165, 1.54) is 11.3 Å². The van der Waals surface area contributed by atoms with Crippen molar-refractivity contribution >= 4 is 22.4 Å². The van der Waals surface area contributed by atoms with Gasteiger partial charge in [0.1, 0.15) is 5.01 Å². The zero-order valence-corrected chi connectivity index (χ0v) is 9.78. The Morgan fingerprint density at radius 1 is 1.41 bits per heavy atom. The summed E-state index contributed by atoms with van der Waals surface area (Å²) in [6.45, 7) is -0.0604. The van der Waals surface area contributed by atoms with E-state index in [1.54, 1.807) is 6.20 Å². The van der Waals surface area contributed by atoms with Crippen molar-refractivity contribution in [2.45, 2.75) is 6.42 Å². The van der Waals surface area contributed by atoms with E-state index in [0.29, 0.717) is 11.6 Å². The van der Waals surface area contributed by atoms with Gasteiger partial charge in [0.25, 0.3) is 0 Å². The SMILES string of the molecule is NCC(=O)Nc1nnc(Cc2ccccn2)s1. The molecule has 2 heterocycles. The predicted molar refractivity (Wildman–Crippen MR) is 64.6 cm³/mol. The van der Waals surface area contributed by atoms with Crippen LogP contribution < -0.4 is 11.1 Å². The van der Waals surface area contributed by atoms with Gasteiger partial charge >= 0.3 is 0 Å². The third-order valence-corrected chi connectivity index (χ3v) is 2.80. The van der Waals surface area contributed by atoms with Gasteiger partial charge in [-0.05, 0) is 12.1 Å². The van der Waals surface area contributed by atoms with Crippen molar-refractivity contribution in [2.75, 3.05) is 11.9 Å². The molecule has 0 saturated carbocycles. The van der Waals surface area contributed by atoms with Gasteiger partial charge in [0.15, 0.2) is 0 Å². The molecule has 0 atom stereocenters. The minimum absolute atomic E-state index is 0.0604. The van der Waals surface area contributed by atoms with Gasteiger partial charge in [-0.1, -0.05) is 17.4 Å². The summed E-state index contributed by atoms with van der Waals surface area (Å²) < 4.78 is 0. The summed E-state index contributed by atoms with van der Waals surface area (Å²) in [5.74, 6) is -0.273. The maximum atomic E-state index is 11.0. The number of hydrogen-bond acceptors (Lipinski definition) is 6. The first-order chi connectivity index (χ1) is 8.28. The molecule has 6 nitrogen and oxygen atoms in total. The van der Waals surface area contributed by atoms with Crippen LogP contribution >= 0.6 is 11.3 Å². The maximum absolute atomic E-state index is 11.0. The summed E-state index contributed by atoms with van der Waals surface area (Å²) >= 11 is 1.32. The minimum atomic E-state index is -0.273. The largest absolute Gasteiger partial charge is 0.322 e. The number of nitrogens with two attached hydrogens (primary N) is 1. The van der Waals surface area contributed by atoms with E-state index in [1.807, 2.05) is 18.2 Å². The topological polar surface area (TPSA) is 93.8 Å². The van der Waals surface area contributed by atoms with Crippen LogP contribution in [0.15, 0.2) is 24.4 Å². The molecule has 7 heteroatoms. The number of anilines is 1. The Balaban J connectivity index is 2.01. The highest BCUT2D eigenvalue weighted by atomic mass is 32.1. The Labute approximate surface area is 102 Å². The van der Waals surface area contributed by atoms with Gasteiger partial charge < -0.3 is 5.73 Å².